The van der Waals surface area contributed by atoms with E-state index in [1.807, 2.05) is 18.2 Å². The first-order valence-corrected chi connectivity index (χ1v) is 8.90. The summed E-state index contributed by atoms with van der Waals surface area (Å²) in [5.41, 5.74) is 6.66. The van der Waals surface area contributed by atoms with E-state index in [9.17, 15) is 10.1 Å². The first-order valence-electron chi connectivity index (χ1n) is 7.92. The van der Waals surface area contributed by atoms with E-state index in [2.05, 4.69) is 41.5 Å². The molecule has 1 N–H and O–H groups in total. The lowest BCUT2D eigenvalue weighted by molar-refractivity contribution is -0.384. The van der Waals surface area contributed by atoms with E-state index in [1.54, 1.807) is 6.07 Å². The van der Waals surface area contributed by atoms with Gasteiger partial charge in [0.1, 0.15) is 0 Å². The quantitative estimate of drug-likeness (QED) is 0.650. The molecule has 0 saturated carbocycles. The summed E-state index contributed by atoms with van der Waals surface area (Å²) >= 11 is 1.52. The number of nitro benzene ring substituents is 1. The summed E-state index contributed by atoms with van der Waals surface area (Å²) in [6.07, 6.45) is 0. The van der Waals surface area contributed by atoms with E-state index in [0.717, 1.165) is 17.0 Å². The lowest BCUT2D eigenvalue weighted by Crippen LogP contribution is -2.25. The molecule has 0 radical (unpaired) electrons. The molecule has 1 heterocycles. The molecule has 0 aromatic heterocycles. The Morgan fingerprint density at radius 1 is 1.24 bits per heavy atom. The number of non-ortho nitro benzene ring substituents is 1. The van der Waals surface area contributed by atoms with Crippen LogP contribution in [0.4, 0.5) is 11.4 Å². The minimum atomic E-state index is -0.402. The molecule has 1 aliphatic rings. The van der Waals surface area contributed by atoms with Gasteiger partial charge in [-0.05, 0) is 23.6 Å². The van der Waals surface area contributed by atoms with Gasteiger partial charge in [0.15, 0.2) is 5.17 Å². The Balaban J connectivity index is 1.73. The standard InChI is InChI=1S/C18H18N4O2S/c1-12(2)13-6-8-15(9-7-13)19-18-21-20-17(11-25-18)14-4-3-5-16(10-14)22(23)24/h3-10,12H,11H2,1-2H3,(H,19,21). The van der Waals surface area contributed by atoms with E-state index < -0.39 is 4.92 Å². The van der Waals surface area contributed by atoms with Crippen molar-refractivity contribution in [3.63, 3.8) is 0 Å². The Morgan fingerprint density at radius 2 is 2.00 bits per heavy atom. The predicted octanol–water partition coefficient (Wildman–Crippen LogP) is 4.45. The Morgan fingerprint density at radius 3 is 2.60 bits per heavy atom. The summed E-state index contributed by atoms with van der Waals surface area (Å²) in [5, 5.41) is 15.9. The van der Waals surface area contributed by atoms with Gasteiger partial charge in [-0.15, -0.1) is 0 Å². The van der Waals surface area contributed by atoms with Gasteiger partial charge in [-0.25, -0.2) is 4.99 Å². The molecule has 1 aliphatic heterocycles. The van der Waals surface area contributed by atoms with Gasteiger partial charge in [-0.1, -0.05) is 49.9 Å². The van der Waals surface area contributed by atoms with Gasteiger partial charge >= 0.3 is 0 Å². The number of nitrogens with zero attached hydrogens (tertiary/aromatic N) is 3. The highest BCUT2D eigenvalue weighted by molar-refractivity contribution is 8.14. The third-order valence-electron chi connectivity index (χ3n) is 3.81. The van der Waals surface area contributed by atoms with Crippen molar-refractivity contribution in [1.82, 2.24) is 5.43 Å². The van der Waals surface area contributed by atoms with Crippen LogP contribution in [0.1, 0.15) is 30.9 Å². The molecule has 0 bridgehead atoms. The molecule has 0 saturated heterocycles. The largest absolute Gasteiger partial charge is 0.270 e. The maximum Gasteiger partial charge on any atom is 0.270 e. The molecule has 2 aromatic rings. The molecule has 2 aromatic carbocycles. The smallest absolute Gasteiger partial charge is 0.258 e. The average molecular weight is 354 g/mol. The van der Waals surface area contributed by atoms with Crippen LogP contribution in [0, 0.1) is 10.1 Å². The molecule has 128 valence electrons. The predicted molar refractivity (Wildman–Crippen MR) is 103 cm³/mol. The molecule has 0 aliphatic carbocycles. The highest BCUT2D eigenvalue weighted by Crippen LogP contribution is 2.22. The minimum absolute atomic E-state index is 0.0647. The molecule has 0 unspecified atom stereocenters. The fourth-order valence-electron chi connectivity index (χ4n) is 2.37. The zero-order chi connectivity index (χ0) is 17.8. The Hall–Kier alpha value is -2.67. The molecular weight excluding hydrogens is 336 g/mol. The van der Waals surface area contributed by atoms with Crippen LogP contribution in [0.3, 0.4) is 0 Å². The second kappa shape index (κ2) is 7.48. The van der Waals surface area contributed by atoms with Crippen molar-refractivity contribution in [3.8, 4) is 0 Å². The maximum absolute atomic E-state index is 10.9. The number of rotatable bonds is 4. The van der Waals surface area contributed by atoms with E-state index >= 15 is 0 Å². The Labute approximate surface area is 150 Å². The minimum Gasteiger partial charge on any atom is -0.258 e. The van der Waals surface area contributed by atoms with Gasteiger partial charge in [-0.3, -0.25) is 15.5 Å². The number of nitro groups is 1. The monoisotopic (exact) mass is 354 g/mol. The van der Waals surface area contributed by atoms with Crippen LogP contribution in [-0.2, 0) is 0 Å². The van der Waals surface area contributed by atoms with Gasteiger partial charge < -0.3 is 0 Å². The summed E-state index contributed by atoms with van der Waals surface area (Å²) in [5.74, 6) is 1.10. The molecule has 0 fully saturated rings. The zero-order valence-electron chi connectivity index (χ0n) is 14.0. The SMILES string of the molecule is CC(C)c1ccc(N=C2NN=C(c3cccc([N+](=O)[O-])c3)CS2)cc1. The van der Waals surface area contributed by atoms with E-state index in [-0.39, 0.29) is 5.69 Å². The summed E-state index contributed by atoms with van der Waals surface area (Å²) in [7, 11) is 0. The lowest BCUT2D eigenvalue weighted by Gasteiger charge is -2.15. The molecular formula is C18H18N4O2S. The number of amidine groups is 1. The number of nitrogens with one attached hydrogen (secondary N) is 1. The van der Waals surface area contributed by atoms with Crippen molar-refractivity contribution in [1.29, 1.82) is 0 Å². The first kappa shape index (κ1) is 17.2. The Kier molecular flexibility index (Phi) is 5.14. The number of aliphatic imine (C=N–C) groups is 1. The first-order chi connectivity index (χ1) is 12.0. The molecule has 7 heteroatoms. The van der Waals surface area contributed by atoms with Crippen LogP contribution in [0.2, 0.25) is 0 Å². The van der Waals surface area contributed by atoms with E-state index in [0.29, 0.717) is 16.8 Å². The van der Waals surface area contributed by atoms with E-state index in [1.165, 1.54) is 29.5 Å². The van der Waals surface area contributed by atoms with Crippen LogP contribution >= 0.6 is 11.8 Å². The fraction of sp³-hybridized carbons (Fsp3) is 0.222. The normalized spacial score (nSPS) is 15.8. The van der Waals surface area contributed by atoms with Crippen molar-refractivity contribution in [2.24, 2.45) is 10.1 Å². The van der Waals surface area contributed by atoms with Crippen LogP contribution in [0.25, 0.3) is 0 Å². The van der Waals surface area contributed by atoms with Gasteiger partial charge in [0, 0.05) is 23.4 Å². The summed E-state index contributed by atoms with van der Waals surface area (Å²) in [6.45, 7) is 4.31. The van der Waals surface area contributed by atoms with E-state index in [4.69, 9.17) is 0 Å². The topological polar surface area (TPSA) is 79.9 Å². The van der Waals surface area contributed by atoms with Crippen LogP contribution in [0.5, 0.6) is 0 Å². The van der Waals surface area contributed by atoms with Crippen LogP contribution in [-0.4, -0.2) is 21.6 Å². The van der Waals surface area contributed by atoms with Crippen molar-refractivity contribution in [3.05, 3.63) is 69.8 Å². The molecule has 0 spiro atoms. The molecule has 25 heavy (non-hydrogen) atoms. The van der Waals surface area contributed by atoms with Crippen LogP contribution < -0.4 is 5.43 Å². The second-order valence-corrected chi connectivity index (χ2v) is 6.89. The summed E-state index contributed by atoms with van der Waals surface area (Å²) < 4.78 is 0. The Bertz CT molecular complexity index is 844. The summed E-state index contributed by atoms with van der Waals surface area (Å²) in [6, 6.07) is 14.6. The number of benzene rings is 2. The second-order valence-electron chi connectivity index (χ2n) is 5.93. The summed E-state index contributed by atoms with van der Waals surface area (Å²) in [4.78, 5) is 15.0. The maximum atomic E-state index is 10.9. The highest BCUT2D eigenvalue weighted by atomic mass is 32.2. The molecule has 6 nitrogen and oxygen atoms in total. The van der Waals surface area contributed by atoms with Crippen molar-refractivity contribution in [2.75, 3.05) is 5.75 Å². The number of hydrogen-bond donors (Lipinski definition) is 1. The van der Waals surface area contributed by atoms with Crippen molar-refractivity contribution < 1.29 is 4.92 Å². The van der Waals surface area contributed by atoms with Crippen LogP contribution in [0.15, 0.2) is 58.6 Å². The van der Waals surface area contributed by atoms with Gasteiger partial charge in [0.05, 0.1) is 16.3 Å². The number of thioether (sulfide) groups is 1. The third kappa shape index (κ3) is 4.24. The number of hydrazone groups is 1. The lowest BCUT2D eigenvalue weighted by atomic mass is 10.0. The third-order valence-corrected chi connectivity index (χ3v) is 4.69. The molecule has 0 amide bonds. The molecule has 0 atom stereocenters. The van der Waals surface area contributed by atoms with Crippen molar-refractivity contribution in [2.45, 2.75) is 19.8 Å². The zero-order valence-corrected chi connectivity index (χ0v) is 14.8. The van der Waals surface area contributed by atoms with Gasteiger partial charge in [-0.2, -0.15) is 5.10 Å². The fourth-order valence-corrected chi connectivity index (χ4v) is 3.16. The molecule has 3 rings (SSSR count). The highest BCUT2D eigenvalue weighted by Gasteiger charge is 2.15. The van der Waals surface area contributed by atoms with Gasteiger partial charge in [0.2, 0.25) is 0 Å². The van der Waals surface area contributed by atoms with Gasteiger partial charge in [0.25, 0.3) is 5.69 Å². The average Bonchev–Trinajstić information content (AvgIpc) is 2.63. The van der Waals surface area contributed by atoms with Crippen molar-refractivity contribution >= 4 is 34.0 Å². The number of hydrogen-bond acceptors (Lipinski definition) is 5.